The van der Waals surface area contributed by atoms with Gasteiger partial charge in [0.05, 0.1) is 23.7 Å². The highest BCUT2D eigenvalue weighted by molar-refractivity contribution is 6.47. The highest BCUT2D eigenvalue weighted by Gasteiger charge is 2.68. The van der Waals surface area contributed by atoms with E-state index in [1.807, 2.05) is 18.2 Å². The number of nitriles is 1. The van der Waals surface area contributed by atoms with Gasteiger partial charge in [-0.05, 0) is 68.4 Å². The van der Waals surface area contributed by atoms with Crippen molar-refractivity contribution in [3.63, 3.8) is 0 Å². The number of benzene rings is 1. The summed E-state index contributed by atoms with van der Waals surface area (Å²) in [5, 5.41) is 12.0. The van der Waals surface area contributed by atoms with Crippen molar-refractivity contribution in [2.45, 2.75) is 83.0 Å². The Morgan fingerprint density at radius 1 is 1.31 bits per heavy atom. The Morgan fingerprint density at radius 2 is 2.11 bits per heavy atom. The van der Waals surface area contributed by atoms with Crippen LogP contribution in [0.15, 0.2) is 30.3 Å². The number of hydrogen-bond donors (Lipinski definition) is 1. The number of rotatable bonds is 7. The predicted octanol–water partition coefficient (Wildman–Crippen LogP) is 3.97. The number of nitrogens with zero attached hydrogens (tertiary/aromatic N) is 2. The van der Waals surface area contributed by atoms with E-state index in [-0.39, 0.29) is 29.2 Å². The van der Waals surface area contributed by atoms with Crippen molar-refractivity contribution in [3.05, 3.63) is 35.9 Å². The molecule has 1 aromatic rings. The van der Waals surface area contributed by atoms with Crippen molar-refractivity contribution in [1.82, 2.24) is 10.2 Å². The molecule has 0 unspecified atom stereocenters. The maximum atomic E-state index is 13.0. The molecular weight excluding hydrogens is 441 g/mol. The van der Waals surface area contributed by atoms with Crippen LogP contribution in [-0.2, 0) is 20.5 Å². The van der Waals surface area contributed by atoms with Gasteiger partial charge < -0.3 is 19.4 Å². The number of piperidine rings is 1. The molecule has 6 rings (SSSR count). The highest BCUT2D eigenvalue weighted by atomic mass is 16.7. The Labute approximate surface area is 209 Å². The average Bonchev–Trinajstić information content (AvgIpc) is 3.20. The molecule has 7 nitrogen and oxygen atoms in total. The van der Waals surface area contributed by atoms with Gasteiger partial charge in [0.15, 0.2) is 0 Å². The Kier molecular flexibility index (Phi) is 6.86. The molecule has 1 N–H and O–H groups in total. The number of carbonyl (C=O) groups excluding carboxylic acids is 1. The summed E-state index contributed by atoms with van der Waals surface area (Å²) in [4.78, 5) is 15.2. The lowest BCUT2D eigenvalue weighted by Crippen LogP contribution is -2.65. The second kappa shape index (κ2) is 9.76. The van der Waals surface area contributed by atoms with E-state index in [0.717, 1.165) is 37.9 Å². The Balaban J connectivity index is 1.26. The van der Waals surface area contributed by atoms with Gasteiger partial charge in [0.2, 0.25) is 0 Å². The minimum Gasteiger partial charge on any atom is -0.445 e. The highest BCUT2D eigenvalue weighted by Crippen LogP contribution is 2.65. The normalized spacial score (nSPS) is 34.3. The fraction of sp³-hybridized carbons (Fsp3) is 0.704. The quantitative estimate of drug-likeness (QED) is 0.596. The summed E-state index contributed by atoms with van der Waals surface area (Å²) in [5.74, 6) is 0.800. The summed E-state index contributed by atoms with van der Waals surface area (Å²) >= 11 is 0. The number of carbonyl (C=O) groups is 1. The standard InChI is InChI=1S/C27H38BN3O4/c1-26(2)20-16-22(26)27(3)23(17-20)34-28(35-27)24(15-19-9-5-4-6-10-19)30-25(32)33-21-11-7-13-31(18-21)14-8-12-29/h4-6,9-10,20-24H,7-8,11,13-18H2,1-3H3,(H,30,32)/t20-,21+,22-,23+,24-,27-/m0/s1. The van der Waals surface area contributed by atoms with E-state index in [9.17, 15) is 4.79 Å². The lowest BCUT2D eigenvalue weighted by atomic mass is 9.43. The van der Waals surface area contributed by atoms with Crippen molar-refractivity contribution in [3.8, 4) is 6.07 Å². The molecule has 8 heteroatoms. The molecule has 35 heavy (non-hydrogen) atoms. The summed E-state index contributed by atoms with van der Waals surface area (Å²) in [6.45, 7) is 9.25. The van der Waals surface area contributed by atoms with Crippen LogP contribution in [0.25, 0.3) is 0 Å². The molecule has 2 aliphatic heterocycles. The molecule has 188 valence electrons. The summed E-state index contributed by atoms with van der Waals surface area (Å²) in [7, 11) is -0.508. The van der Waals surface area contributed by atoms with Crippen LogP contribution in [0.3, 0.4) is 0 Å². The molecule has 0 radical (unpaired) electrons. The van der Waals surface area contributed by atoms with Gasteiger partial charge in [-0.2, -0.15) is 5.26 Å². The second-order valence-electron chi connectivity index (χ2n) is 11.7. The molecule has 5 fully saturated rings. The largest absolute Gasteiger partial charge is 0.482 e. The molecule has 1 amide bonds. The zero-order valence-electron chi connectivity index (χ0n) is 21.2. The molecular formula is C27H38BN3O4. The van der Waals surface area contributed by atoms with Crippen LogP contribution >= 0.6 is 0 Å². The fourth-order valence-electron chi connectivity index (χ4n) is 7.01. The average molecular weight is 479 g/mol. The van der Waals surface area contributed by atoms with Gasteiger partial charge in [0.25, 0.3) is 0 Å². The van der Waals surface area contributed by atoms with E-state index < -0.39 is 13.2 Å². The first-order valence-corrected chi connectivity index (χ1v) is 13.2. The summed E-state index contributed by atoms with van der Waals surface area (Å²) in [6.07, 6.45) is 4.59. The van der Waals surface area contributed by atoms with Crippen LogP contribution in [0.5, 0.6) is 0 Å². The van der Waals surface area contributed by atoms with E-state index in [1.54, 1.807) is 0 Å². The minimum absolute atomic E-state index is 0.0624. The lowest BCUT2D eigenvalue weighted by molar-refractivity contribution is -0.199. The van der Waals surface area contributed by atoms with Crippen LogP contribution in [-0.4, -0.2) is 61.5 Å². The molecule has 2 heterocycles. The third kappa shape index (κ3) is 4.83. The Morgan fingerprint density at radius 3 is 2.86 bits per heavy atom. The topological polar surface area (TPSA) is 83.8 Å². The van der Waals surface area contributed by atoms with Gasteiger partial charge in [-0.15, -0.1) is 0 Å². The Bertz CT molecular complexity index is 953. The Hall–Kier alpha value is -2.08. The van der Waals surface area contributed by atoms with Gasteiger partial charge in [0, 0.05) is 19.5 Å². The lowest BCUT2D eigenvalue weighted by Gasteiger charge is -2.64. The molecule has 1 aromatic carbocycles. The number of likely N-dealkylation sites (tertiary alicyclic amines) is 1. The second-order valence-corrected chi connectivity index (χ2v) is 11.7. The molecule has 3 saturated carbocycles. The zero-order valence-corrected chi connectivity index (χ0v) is 21.2. The molecule has 0 aromatic heterocycles. The van der Waals surface area contributed by atoms with E-state index in [4.69, 9.17) is 19.3 Å². The van der Waals surface area contributed by atoms with Gasteiger partial charge in [-0.1, -0.05) is 44.2 Å². The number of nitrogens with one attached hydrogen (secondary N) is 1. The van der Waals surface area contributed by atoms with Gasteiger partial charge in [0.1, 0.15) is 6.10 Å². The molecule has 5 aliphatic rings. The number of alkyl carbamates (subject to hydrolysis) is 1. The van der Waals surface area contributed by atoms with Crippen molar-refractivity contribution in [2.24, 2.45) is 17.3 Å². The molecule has 2 saturated heterocycles. The molecule has 6 atom stereocenters. The maximum absolute atomic E-state index is 13.0. The van der Waals surface area contributed by atoms with Crippen molar-refractivity contribution in [1.29, 1.82) is 5.26 Å². The summed E-state index contributed by atoms with van der Waals surface area (Å²) in [6, 6.07) is 12.3. The number of hydrogen-bond acceptors (Lipinski definition) is 6. The first-order valence-electron chi connectivity index (χ1n) is 13.2. The first kappa shape index (κ1) is 24.6. The molecule has 0 spiro atoms. The van der Waals surface area contributed by atoms with Crippen LogP contribution in [0, 0.1) is 28.6 Å². The van der Waals surface area contributed by atoms with Gasteiger partial charge in [-0.25, -0.2) is 4.79 Å². The van der Waals surface area contributed by atoms with Crippen LogP contribution in [0.1, 0.15) is 58.4 Å². The monoisotopic (exact) mass is 479 g/mol. The van der Waals surface area contributed by atoms with Crippen molar-refractivity contribution < 1.29 is 18.8 Å². The SMILES string of the molecule is CC1(C)[C@@H]2C[C@H]3OB([C@H](Cc4ccccc4)NC(=O)O[C@@H]4CCCN(CCC#N)C4)O[C@@]3(C)[C@H]1C2. The third-order valence-corrected chi connectivity index (χ3v) is 9.17. The third-order valence-electron chi connectivity index (χ3n) is 9.17. The van der Waals surface area contributed by atoms with Gasteiger partial charge >= 0.3 is 13.2 Å². The summed E-state index contributed by atoms with van der Waals surface area (Å²) in [5.41, 5.74) is 1.06. The maximum Gasteiger partial charge on any atom is 0.482 e. The first-order chi connectivity index (χ1) is 16.8. The minimum atomic E-state index is -0.508. The van der Waals surface area contributed by atoms with Crippen LogP contribution in [0.4, 0.5) is 4.79 Å². The smallest absolute Gasteiger partial charge is 0.445 e. The van der Waals surface area contributed by atoms with Gasteiger partial charge in [-0.3, -0.25) is 4.90 Å². The van der Waals surface area contributed by atoms with Crippen molar-refractivity contribution >= 4 is 13.2 Å². The molecule has 3 aliphatic carbocycles. The predicted molar refractivity (Wildman–Crippen MR) is 133 cm³/mol. The summed E-state index contributed by atoms with van der Waals surface area (Å²) < 4.78 is 19.1. The van der Waals surface area contributed by atoms with Crippen LogP contribution in [0.2, 0.25) is 0 Å². The number of ether oxygens (including phenoxy) is 1. The van der Waals surface area contributed by atoms with Crippen molar-refractivity contribution in [2.75, 3.05) is 19.6 Å². The fourth-order valence-corrected chi connectivity index (χ4v) is 7.01. The van der Waals surface area contributed by atoms with E-state index in [1.165, 1.54) is 6.42 Å². The molecule has 2 bridgehead atoms. The zero-order chi connectivity index (χ0) is 24.6. The van der Waals surface area contributed by atoms with E-state index >= 15 is 0 Å². The van der Waals surface area contributed by atoms with Crippen LogP contribution < -0.4 is 5.32 Å². The van der Waals surface area contributed by atoms with E-state index in [0.29, 0.717) is 31.2 Å². The number of amides is 1. The van der Waals surface area contributed by atoms with E-state index in [2.05, 4.69) is 49.2 Å².